The first kappa shape index (κ1) is 15.8. The third-order valence-electron chi connectivity index (χ3n) is 3.91. The van der Waals surface area contributed by atoms with Crippen molar-refractivity contribution in [3.63, 3.8) is 0 Å². The first-order valence-corrected chi connectivity index (χ1v) is 9.23. The standard InChI is InChI=1S/C15H22ClNO2S/c1-12-5-4-6-13(11-12)17-9-10-20(18,19)15-8-3-2-7-14(15)16/h2-3,7-8,12-13,17H,4-6,9-11H2,1H3. The van der Waals surface area contributed by atoms with Crippen LogP contribution in [0.4, 0.5) is 0 Å². The minimum Gasteiger partial charge on any atom is -0.313 e. The summed E-state index contributed by atoms with van der Waals surface area (Å²) in [6.45, 7) is 2.75. The molecule has 5 heteroatoms. The van der Waals surface area contributed by atoms with E-state index in [2.05, 4.69) is 12.2 Å². The van der Waals surface area contributed by atoms with Crippen LogP contribution in [0.25, 0.3) is 0 Å². The zero-order valence-corrected chi connectivity index (χ0v) is 13.4. The van der Waals surface area contributed by atoms with Gasteiger partial charge in [0.1, 0.15) is 0 Å². The Bertz CT molecular complexity index is 545. The number of halogens is 1. The van der Waals surface area contributed by atoms with E-state index in [1.54, 1.807) is 24.3 Å². The number of rotatable bonds is 5. The van der Waals surface area contributed by atoms with Gasteiger partial charge in [0.15, 0.2) is 9.84 Å². The summed E-state index contributed by atoms with van der Waals surface area (Å²) in [5, 5.41) is 3.68. The molecular weight excluding hydrogens is 294 g/mol. The molecule has 0 aromatic heterocycles. The molecule has 2 rings (SSSR count). The molecule has 1 aliphatic carbocycles. The van der Waals surface area contributed by atoms with Crippen molar-refractivity contribution in [1.82, 2.24) is 5.32 Å². The van der Waals surface area contributed by atoms with E-state index in [-0.39, 0.29) is 10.6 Å². The SMILES string of the molecule is CC1CCCC(NCCS(=O)(=O)c2ccccc2Cl)C1. The fourth-order valence-corrected chi connectivity index (χ4v) is 4.57. The lowest BCUT2D eigenvalue weighted by molar-refractivity contribution is 0.305. The summed E-state index contributed by atoms with van der Waals surface area (Å²) in [5.41, 5.74) is 0. The Morgan fingerprint density at radius 3 is 2.75 bits per heavy atom. The van der Waals surface area contributed by atoms with Crippen LogP contribution in [0.15, 0.2) is 29.2 Å². The Hall–Kier alpha value is -0.580. The van der Waals surface area contributed by atoms with Gasteiger partial charge < -0.3 is 5.32 Å². The monoisotopic (exact) mass is 315 g/mol. The Morgan fingerprint density at radius 1 is 1.30 bits per heavy atom. The molecule has 1 saturated carbocycles. The summed E-state index contributed by atoms with van der Waals surface area (Å²) in [5.74, 6) is 0.836. The highest BCUT2D eigenvalue weighted by Crippen LogP contribution is 2.24. The van der Waals surface area contributed by atoms with Crippen LogP contribution in [0.2, 0.25) is 5.02 Å². The second-order valence-electron chi connectivity index (χ2n) is 5.67. The van der Waals surface area contributed by atoms with Gasteiger partial charge in [-0.3, -0.25) is 0 Å². The lowest BCUT2D eigenvalue weighted by Crippen LogP contribution is -2.36. The largest absolute Gasteiger partial charge is 0.313 e. The molecular formula is C15H22ClNO2S. The quantitative estimate of drug-likeness (QED) is 0.907. The van der Waals surface area contributed by atoms with Gasteiger partial charge in [-0.1, -0.05) is 43.5 Å². The van der Waals surface area contributed by atoms with Crippen molar-refractivity contribution in [3.8, 4) is 0 Å². The van der Waals surface area contributed by atoms with E-state index >= 15 is 0 Å². The molecule has 1 aliphatic rings. The molecule has 0 aliphatic heterocycles. The second-order valence-corrected chi connectivity index (χ2v) is 8.16. The first-order chi connectivity index (χ1) is 9.49. The minimum absolute atomic E-state index is 0.0988. The number of hydrogen-bond donors (Lipinski definition) is 1. The smallest absolute Gasteiger partial charge is 0.181 e. The van der Waals surface area contributed by atoms with Crippen LogP contribution < -0.4 is 5.32 Å². The number of nitrogens with one attached hydrogen (secondary N) is 1. The fraction of sp³-hybridized carbons (Fsp3) is 0.600. The van der Waals surface area contributed by atoms with Crippen molar-refractivity contribution >= 4 is 21.4 Å². The van der Waals surface area contributed by atoms with Gasteiger partial charge in [-0.05, 0) is 30.9 Å². The molecule has 1 aromatic carbocycles. The van der Waals surface area contributed by atoms with Crippen LogP contribution in [-0.4, -0.2) is 26.8 Å². The van der Waals surface area contributed by atoms with E-state index in [1.807, 2.05) is 0 Å². The van der Waals surface area contributed by atoms with E-state index in [1.165, 1.54) is 12.8 Å². The molecule has 3 nitrogen and oxygen atoms in total. The van der Waals surface area contributed by atoms with Gasteiger partial charge in [-0.15, -0.1) is 0 Å². The molecule has 2 unspecified atom stereocenters. The van der Waals surface area contributed by atoms with Crippen molar-refractivity contribution in [2.45, 2.75) is 43.5 Å². The zero-order chi connectivity index (χ0) is 14.6. The zero-order valence-electron chi connectivity index (χ0n) is 11.8. The average Bonchev–Trinajstić information content (AvgIpc) is 2.39. The second kappa shape index (κ2) is 6.92. The minimum atomic E-state index is -3.30. The van der Waals surface area contributed by atoms with Crippen LogP contribution in [-0.2, 0) is 9.84 Å². The van der Waals surface area contributed by atoms with Gasteiger partial charge in [0.2, 0.25) is 0 Å². The van der Waals surface area contributed by atoms with Crippen LogP contribution >= 0.6 is 11.6 Å². The van der Waals surface area contributed by atoms with Gasteiger partial charge >= 0.3 is 0 Å². The highest BCUT2D eigenvalue weighted by molar-refractivity contribution is 7.91. The van der Waals surface area contributed by atoms with Crippen molar-refractivity contribution in [3.05, 3.63) is 29.3 Å². The lowest BCUT2D eigenvalue weighted by atomic mass is 9.87. The van der Waals surface area contributed by atoms with Gasteiger partial charge in [0.05, 0.1) is 15.7 Å². The highest BCUT2D eigenvalue weighted by atomic mass is 35.5. The van der Waals surface area contributed by atoms with Crippen LogP contribution in [0.5, 0.6) is 0 Å². The predicted octanol–water partition coefficient (Wildman–Crippen LogP) is 3.28. The molecule has 1 fully saturated rings. The average molecular weight is 316 g/mol. The molecule has 0 radical (unpaired) electrons. The number of hydrogen-bond acceptors (Lipinski definition) is 3. The van der Waals surface area contributed by atoms with Gasteiger partial charge in [-0.25, -0.2) is 8.42 Å². The molecule has 1 aromatic rings. The third-order valence-corrected chi connectivity index (χ3v) is 6.12. The summed E-state index contributed by atoms with van der Waals surface area (Å²) in [6, 6.07) is 7.09. The fourth-order valence-electron chi connectivity index (χ4n) is 2.82. The van der Waals surface area contributed by atoms with Crippen molar-refractivity contribution < 1.29 is 8.42 Å². The van der Waals surface area contributed by atoms with E-state index in [0.717, 1.165) is 18.8 Å². The molecule has 0 bridgehead atoms. The van der Waals surface area contributed by atoms with E-state index in [9.17, 15) is 8.42 Å². The van der Waals surface area contributed by atoms with Gasteiger partial charge in [0, 0.05) is 12.6 Å². The normalized spacial score (nSPS) is 23.7. The summed E-state index contributed by atoms with van der Waals surface area (Å²) in [6.07, 6.45) is 4.81. The molecule has 0 spiro atoms. The van der Waals surface area contributed by atoms with E-state index in [0.29, 0.717) is 17.6 Å². The van der Waals surface area contributed by atoms with Gasteiger partial charge in [0.25, 0.3) is 0 Å². The van der Waals surface area contributed by atoms with E-state index in [4.69, 9.17) is 11.6 Å². The number of sulfone groups is 1. The summed E-state index contributed by atoms with van der Waals surface area (Å²) >= 11 is 5.96. The van der Waals surface area contributed by atoms with E-state index < -0.39 is 9.84 Å². The molecule has 0 amide bonds. The molecule has 0 heterocycles. The Balaban J connectivity index is 1.88. The maximum absolute atomic E-state index is 12.2. The maximum atomic E-state index is 12.2. The predicted molar refractivity (Wildman–Crippen MR) is 82.9 cm³/mol. The van der Waals surface area contributed by atoms with Gasteiger partial charge in [-0.2, -0.15) is 0 Å². The molecule has 2 atom stereocenters. The Labute approximate surface area is 126 Å². The first-order valence-electron chi connectivity index (χ1n) is 7.20. The van der Waals surface area contributed by atoms with Crippen LogP contribution in [0.3, 0.4) is 0 Å². The summed E-state index contributed by atoms with van der Waals surface area (Å²) in [7, 11) is -3.30. The molecule has 20 heavy (non-hydrogen) atoms. The molecule has 0 saturated heterocycles. The van der Waals surface area contributed by atoms with Crippen molar-refractivity contribution in [2.24, 2.45) is 5.92 Å². The Kier molecular flexibility index (Phi) is 5.47. The van der Waals surface area contributed by atoms with Crippen LogP contribution in [0.1, 0.15) is 32.6 Å². The maximum Gasteiger partial charge on any atom is 0.181 e. The highest BCUT2D eigenvalue weighted by Gasteiger charge is 2.21. The molecule has 1 N–H and O–H groups in total. The van der Waals surface area contributed by atoms with Crippen molar-refractivity contribution in [1.29, 1.82) is 0 Å². The van der Waals surface area contributed by atoms with Crippen LogP contribution in [0, 0.1) is 5.92 Å². The lowest BCUT2D eigenvalue weighted by Gasteiger charge is -2.27. The summed E-state index contributed by atoms with van der Waals surface area (Å²) in [4.78, 5) is 0.237. The van der Waals surface area contributed by atoms with Crippen molar-refractivity contribution in [2.75, 3.05) is 12.3 Å². The third kappa shape index (κ3) is 4.21. The Morgan fingerprint density at radius 2 is 2.05 bits per heavy atom. The number of benzene rings is 1. The molecule has 112 valence electrons. The summed E-state index contributed by atoms with van der Waals surface area (Å²) < 4.78 is 24.5. The topological polar surface area (TPSA) is 46.2 Å².